The van der Waals surface area contributed by atoms with Crippen molar-refractivity contribution in [3.05, 3.63) is 103 Å². The number of hydrogen-bond acceptors (Lipinski definition) is 8. The van der Waals surface area contributed by atoms with Crippen LogP contribution in [0.2, 0.25) is 0 Å². The maximum absolute atomic E-state index is 14.4. The quantitative estimate of drug-likeness (QED) is 0.125. The number of aromatic nitrogens is 1. The molecule has 7 rings (SSSR count). The number of carboxylic acids is 1. The number of hydrogen-bond donors (Lipinski definition) is 5. The highest BCUT2D eigenvalue weighted by Crippen LogP contribution is 2.36. The highest BCUT2D eigenvalue weighted by Gasteiger charge is 2.44. The van der Waals surface area contributed by atoms with Gasteiger partial charge in [0.2, 0.25) is 11.8 Å². The maximum atomic E-state index is 14.4. The van der Waals surface area contributed by atoms with E-state index in [-0.39, 0.29) is 18.9 Å². The Morgan fingerprint density at radius 2 is 1.71 bits per heavy atom. The Labute approximate surface area is 325 Å². The van der Waals surface area contributed by atoms with Crippen molar-refractivity contribution in [1.82, 2.24) is 25.8 Å². The Morgan fingerprint density at radius 1 is 0.964 bits per heavy atom. The number of carbonyl (C=O) groups is 4. The lowest BCUT2D eigenvalue weighted by Crippen LogP contribution is -2.58. The van der Waals surface area contributed by atoms with Crippen molar-refractivity contribution in [2.75, 3.05) is 13.7 Å². The summed E-state index contributed by atoms with van der Waals surface area (Å²) < 4.78 is 12.1. The number of amides is 4. The molecule has 1 aromatic heterocycles. The third-order valence-corrected chi connectivity index (χ3v) is 11.2. The van der Waals surface area contributed by atoms with Gasteiger partial charge in [0.15, 0.2) is 0 Å². The van der Waals surface area contributed by atoms with Crippen molar-refractivity contribution in [2.24, 2.45) is 5.92 Å². The van der Waals surface area contributed by atoms with Crippen LogP contribution < -0.4 is 25.4 Å². The Bertz CT molecular complexity index is 2100. The lowest BCUT2D eigenvalue weighted by Gasteiger charge is -2.33. The van der Waals surface area contributed by atoms with Gasteiger partial charge in [-0.1, -0.05) is 79.9 Å². The molecule has 4 aromatic rings. The van der Waals surface area contributed by atoms with Gasteiger partial charge in [-0.3, -0.25) is 9.59 Å². The SMILES string of the molecule is C=C[C@H](NC(=O)[C@@H]1C[C@@H](Oc2cc(-c3ccccc3)nc3cc(OC)ccc23)CN1C(=O)N[C@H](C(=O)N[C@H]1c2ccccc2C[C@H]1O)C1CCCCC1)C(=O)O. The van der Waals surface area contributed by atoms with Crippen LogP contribution in [0.5, 0.6) is 11.5 Å². The second kappa shape index (κ2) is 16.8. The molecular formula is C43H47N5O8. The van der Waals surface area contributed by atoms with Gasteiger partial charge >= 0.3 is 12.0 Å². The van der Waals surface area contributed by atoms with Crippen molar-refractivity contribution in [2.45, 2.75) is 81.3 Å². The molecule has 1 saturated carbocycles. The second-order valence-electron chi connectivity index (χ2n) is 14.7. The molecule has 13 nitrogen and oxygen atoms in total. The van der Waals surface area contributed by atoms with E-state index < -0.39 is 60.2 Å². The fraction of sp³-hybridized carbons (Fsp3) is 0.372. The molecule has 3 aromatic carbocycles. The summed E-state index contributed by atoms with van der Waals surface area (Å²) in [5, 5.41) is 29.8. The number of benzene rings is 3. The number of pyridine rings is 1. The third kappa shape index (κ3) is 8.18. The molecule has 3 aliphatic rings. The largest absolute Gasteiger partial charge is 0.497 e. The molecule has 5 N–H and O–H groups in total. The number of rotatable bonds is 12. The molecule has 0 unspecified atom stereocenters. The molecule has 0 bridgehead atoms. The fourth-order valence-electron chi connectivity index (χ4n) is 8.24. The smallest absolute Gasteiger partial charge is 0.330 e. The van der Waals surface area contributed by atoms with Crippen LogP contribution in [-0.4, -0.2) is 87.9 Å². The number of carboxylic acid groups (broad SMARTS) is 1. The minimum absolute atomic E-state index is 0.0364. The molecule has 0 spiro atoms. The lowest BCUT2D eigenvalue weighted by atomic mass is 9.83. The highest BCUT2D eigenvalue weighted by molar-refractivity contribution is 5.93. The van der Waals surface area contributed by atoms with E-state index >= 15 is 0 Å². The number of fused-ring (bicyclic) bond motifs is 2. The number of likely N-dealkylation sites (tertiary alicyclic amines) is 1. The van der Waals surface area contributed by atoms with E-state index in [1.165, 1.54) is 4.90 Å². The maximum Gasteiger partial charge on any atom is 0.330 e. The Kier molecular flexibility index (Phi) is 11.5. The van der Waals surface area contributed by atoms with Crippen LogP contribution >= 0.6 is 0 Å². The summed E-state index contributed by atoms with van der Waals surface area (Å²) in [5.74, 6) is -1.49. The average Bonchev–Trinajstić information content (AvgIpc) is 3.79. The van der Waals surface area contributed by atoms with Crippen molar-refractivity contribution in [1.29, 1.82) is 0 Å². The average molecular weight is 762 g/mol. The van der Waals surface area contributed by atoms with Crippen molar-refractivity contribution < 1.29 is 38.9 Å². The zero-order valence-electron chi connectivity index (χ0n) is 31.2. The number of nitrogens with zero attached hydrogens (tertiary/aromatic N) is 2. The Balaban J connectivity index is 1.18. The van der Waals surface area contributed by atoms with Crippen LogP contribution in [0, 0.1) is 5.92 Å². The summed E-state index contributed by atoms with van der Waals surface area (Å²) in [6.07, 6.45) is 4.30. The van der Waals surface area contributed by atoms with Crippen LogP contribution in [0.15, 0.2) is 91.5 Å². The first-order chi connectivity index (χ1) is 27.1. The zero-order chi connectivity index (χ0) is 39.3. The van der Waals surface area contributed by atoms with E-state index in [0.29, 0.717) is 34.5 Å². The van der Waals surface area contributed by atoms with Crippen LogP contribution in [0.25, 0.3) is 22.2 Å². The van der Waals surface area contributed by atoms with Gasteiger partial charge in [-0.25, -0.2) is 14.6 Å². The van der Waals surface area contributed by atoms with Gasteiger partial charge in [-0.2, -0.15) is 0 Å². The minimum Gasteiger partial charge on any atom is -0.497 e. The van der Waals surface area contributed by atoms with Gasteiger partial charge in [-0.05, 0) is 42.0 Å². The zero-order valence-corrected chi connectivity index (χ0v) is 31.2. The van der Waals surface area contributed by atoms with Crippen LogP contribution in [-0.2, 0) is 20.8 Å². The minimum atomic E-state index is -1.39. The number of carbonyl (C=O) groups excluding carboxylic acids is 3. The molecular weight excluding hydrogens is 714 g/mol. The summed E-state index contributed by atoms with van der Waals surface area (Å²) in [4.78, 5) is 60.5. The molecule has 292 valence electrons. The molecule has 2 aliphatic carbocycles. The summed E-state index contributed by atoms with van der Waals surface area (Å²) in [7, 11) is 1.57. The summed E-state index contributed by atoms with van der Waals surface area (Å²) >= 11 is 0. The summed E-state index contributed by atoms with van der Waals surface area (Å²) in [6, 6.07) is 19.7. The van der Waals surface area contributed by atoms with Gasteiger partial charge in [0.25, 0.3) is 0 Å². The molecule has 1 aliphatic heterocycles. The number of nitrogens with one attached hydrogen (secondary N) is 3. The Morgan fingerprint density at radius 3 is 2.45 bits per heavy atom. The van der Waals surface area contributed by atoms with Gasteiger partial charge in [0.05, 0.1) is 37.0 Å². The normalized spacial score (nSPS) is 21.7. The summed E-state index contributed by atoms with van der Waals surface area (Å²) in [5.41, 5.74) is 3.92. The van der Waals surface area contributed by atoms with E-state index in [2.05, 4.69) is 22.5 Å². The van der Waals surface area contributed by atoms with Crippen molar-refractivity contribution in [3.63, 3.8) is 0 Å². The number of aliphatic carboxylic acids is 1. The van der Waals surface area contributed by atoms with E-state index in [0.717, 1.165) is 54.9 Å². The van der Waals surface area contributed by atoms with Crippen molar-refractivity contribution in [3.8, 4) is 22.8 Å². The monoisotopic (exact) mass is 761 g/mol. The highest BCUT2D eigenvalue weighted by atomic mass is 16.5. The van der Waals surface area contributed by atoms with Gasteiger partial charge in [0, 0.05) is 35.9 Å². The number of aliphatic hydroxyl groups excluding tert-OH is 1. The van der Waals surface area contributed by atoms with Crippen molar-refractivity contribution >= 4 is 34.7 Å². The number of urea groups is 1. The van der Waals surface area contributed by atoms with Gasteiger partial charge in [-0.15, -0.1) is 6.58 Å². The van der Waals surface area contributed by atoms with Gasteiger partial charge in [0.1, 0.15) is 35.7 Å². The lowest BCUT2D eigenvalue weighted by molar-refractivity contribution is -0.141. The summed E-state index contributed by atoms with van der Waals surface area (Å²) in [6.45, 7) is 3.51. The number of methoxy groups -OCH3 is 1. The number of aliphatic hydroxyl groups is 1. The van der Waals surface area contributed by atoms with Crippen LogP contribution in [0.1, 0.15) is 55.7 Å². The van der Waals surface area contributed by atoms with Gasteiger partial charge < -0.3 is 40.5 Å². The standard InChI is InChI=1S/C43H47N5O8/c1-3-32(42(52)53)45-40(50)35-22-29(56-37-23-33(25-12-6-4-7-13-25)44-34-21-28(55-2)18-19-31(34)37)24-48(35)43(54)47-38(26-14-8-5-9-15-26)41(51)46-39-30-17-11-10-16-27(30)20-36(39)49/h3-4,6-7,10-13,16-19,21,23,26,29,32,35-36,38-39,49H,1,5,8-9,14-15,20,22,24H2,2H3,(H,45,50)(H,46,51)(H,47,54)(H,52,53)/t29-,32+,35+,36-,38+,39+/m1/s1. The second-order valence-corrected chi connectivity index (χ2v) is 14.7. The first-order valence-corrected chi connectivity index (χ1v) is 19.1. The first-order valence-electron chi connectivity index (χ1n) is 19.1. The van der Waals surface area contributed by atoms with E-state index in [4.69, 9.17) is 14.5 Å². The predicted molar refractivity (Wildman–Crippen MR) is 209 cm³/mol. The predicted octanol–water partition coefficient (Wildman–Crippen LogP) is 4.92. The fourth-order valence-corrected chi connectivity index (χ4v) is 8.24. The Hall–Kier alpha value is -5.95. The van der Waals surface area contributed by atoms with E-state index in [1.54, 1.807) is 19.2 Å². The van der Waals surface area contributed by atoms with Crippen LogP contribution in [0.3, 0.4) is 0 Å². The van der Waals surface area contributed by atoms with Crippen LogP contribution in [0.4, 0.5) is 4.79 Å². The molecule has 0 radical (unpaired) electrons. The molecule has 13 heteroatoms. The topological polar surface area (TPSA) is 179 Å². The molecule has 1 saturated heterocycles. The van der Waals surface area contributed by atoms with E-state index in [1.807, 2.05) is 66.7 Å². The number of ether oxygens (including phenoxy) is 2. The molecule has 56 heavy (non-hydrogen) atoms. The molecule has 2 heterocycles. The molecule has 2 fully saturated rings. The van der Waals surface area contributed by atoms with E-state index in [9.17, 15) is 29.4 Å². The first kappa shape index (κ1) is 38.3. The third-order valence-electron chi connectivity index (χ3n) is 11.2. The molecule has 6 atom stereocenters. The molecule has 4 amide bonds.